The minimum Gasteiger partial charge on any atom is -0.361 e. The minimum absolute atomic E-state index is 0.0675. The van der Waals surface area contributed by atoms with Crippen molar-refractivity contribution in [3.05, 3.63) is 34.5 Å². The summed E-state index contributed by atoms with van der Waals surface area (Å²) < 4.78 is 27.0. The first-order valence-electron chi connectivity index (χ1n) is 5.19. The third kappa shape index (κ3) is 3.19. The van der Waals surface area contributed by atoms with Gasteiger partial charge in [0.05, 0.1) is 12.7 Å². The van der Waals surface area contributed by atoms with Crippen LogP contribution in [0.2, 0.25) is 0 Å². The topological polar surface area (TPSA) is 115 Å². The Hall–Kier alpha value is -1.71. The maximum absolute atomic E-state index is 11.8. The van der Waals surface area contributed by atoms with E-state index in [0.29, 0.717) is 16.2 Å². The van der Waals surface area contributed by atoms with Crippen molar-refractivity contribution in [1.82, 2.24) is 10.5 Å². The van der Waals surface area contributed by atoms with E-state index in [1.54, 1.807) is 13.0 Å². The molecule has 0 radical (unpaired) electrons. The average Bonchev–Trinajstić information content (AvgIpc) is 2.93. The molecule has 0 unspecified atom stereocenters. The van der Waals surface area contributed by atoms with Gasteiger partial charge in [-0.2, -0.15) is 0 Å². The number of nitrogens with one attached hydrogen (secondary N) is 1. The van der Waals surface area contributed by atoms with Crippen LogP contribution in [0.15, 0.2) is 27.1 Å². The predicted octanol–water partition coefficient (Wildman–Crippen LogP) is 0.622. The molecule has 0 fully saturated rings. The Balaban J connectivity index is 2.02. The summed E-state index contributed by atoms with van der Waals surface area (Å²) in [5.41, 5.74) is 0.350. The van der Waals surface area contributed by atoms with Crippen LogP contribution in [0.1, 0.15) is 21.0 Å². The Morgan fingerprint density at radius 3 is 2.79 bits per heavy atom. The molecule has 0 aliphatic carbocycles. The number of carbonyl (C=O) groups is 1. The van der Waals surface area contributed by atoms with Gasteiger partial charge in [0.2, 0.25) is 10.0 Å². The second-order valence-corrected chi connectivity index (χ2v) is 6.70. The highest BCUT2D eigenvalue weighted by molar-refractivity contribution is 7.91. The van der Waals surface area contributed by atoms with Gasteiger partial charge in [-0.15, -0.1) is 11.3 Å². The molecule has 2 heterocycles. The second-order valence-electron chi connectivity index (χ2n) is 3.74. The third-order valence-electron chi connectivity index (χ3n) is 2.34. The lowest BCUT2D eigenvalue weighted by Crippen LogP contribution is -2.22. The number of rotatable bonds is 4. The first-order valence-corrected chi connectivity index (χ1v) is 7.55. The Morgan fingerprint density at radius 1 is 1.53 bits per heavy atom. The van der Waals surface area contributed by atoms with Crippen molar-refractivity contribution in [2.24, 2.45) is 5.14 Å². The van der Waals surface area contributed by atoms with Gasteiger partial charge in [0.25, 0.3) is 5.91 Å². The highest BCUT2D eigenvalue weighted by Gasteiger charge is 2.14. The van der Waals surface area contributed by atoms with Gasteiger partial charge >= 0.3 is 0 Å². The van der Waals surface area contributed by atoms with E-state index in [-0.39, 0.29) is 16.7 Å². The molecule has 0 aliphatic rings. The first kappa shape index (κ1) is 13.7. The molecule has 0 atom stereocenters. The number of hydrogen-bond acceptors (Lipinski definition) is 6. The number of hydrogen-bond donors (Lipinski definition) is 2. The maximum Gasteiger partial charge on any atom is 0.256 e. The van der Waals surface area contributed by atoms with Gasteiger partial charge in [0, 0.05) is 4.88 Å². The Kier molecular flexibility index (Phi) is 3.69. The molecule has 2 rings (SSSR count). The number of thiophene rings is 1. The summed E-state index contributed by atoms with van der Waals surface area (Å²) in [4.78, 5) is 12.4. The molecular formula is C10H11N3O4S2. The van der Waals surface area contributed by atoms with Gasteiger partial charge in [-0.1, -0.05) is 5.16 Å². The number of nitrogens with zero attached hydrogens (tertiary/aromatic N) is 1. The molecule has 0 aliphatic heterocycles. The van der Waals surface area contributed by atoms with Crippen molar-refractivity contribution < 1.29 is 17.7 Å². The van der Waals surface area contributed by atoms with E-state index >= 15 is 0 Å². The highest BCUT2D eigenvalue weighted by Crippen LogP contribution is 2.20. The fourth-order valence-electron chi connectivity index (χ4n) is 1.39. The summed E-state index contributed by atoms with van der Waals surface area (Å²) in [6.07, 6.45) is 1.33. The first-order chi connectivity index (χ1) is 8.88. The van der Waals surface area contributed by atoms with Crippen molar-refractivity contribution in [2.75, 3.05) is 0 Å². The molecule has 0 saturated carbocycles. The van der Waals surface area contributed by atoms with E-state index in [1.165, 1.54) is 12.3 Å². The molecule has 3 N–H and O–H groups in total. The summed E-state index contributed by atoms with van der Waals surface area (Å²) in [7, 11) is -3.69. The van der Waals surface area contributed by atoms with Crippen LogP contribution in [-0.4, -0.2) is 19.5 Å². The van der Waals surface area contributed by atoms with Crippen LogP contribution >= 0.6 is 11.3 Å². The highest BCUT2D eigenvalue weighted by atomic mass is 32.2. The van der Waals surface area contributed by atoms with Crippen molar-refractivity contribution in [2.45, 2.75) is 17.7 Å². The van der Waals surface area contributed by atoms with Crippen molar-refractivity contribution in [3.63, 3.8) is 0 Å². The smallest absolute Gasteiger partial charge is 0.256 e. The van der Waals surface area contributed by atoms with E-state index in [4.69, 9.17) is 9.66 Å². The molecular weight excluding hydrogens is 290 g/mol. The van der Waals surface area contributed by atoms with Crippen LogP contribution in [0.25, 0.3) is 0 Å². The van der Waals surface area contributed by atoms with Crippen LogP contribution in [0, 0.1) is 6.92 Å². The molecule has 9 heteroatoms. The number of aromatic nitrogens is 1. The fourth-order valence-corrected chi connectivity index (χ4v) is 3.10. The van der Waals surface area contributed by atoms with E-state index in [0.717, 1.165) is 11.3 Å². The quantitative estimate of drug-likeness (QED) is 0.859. The van der Waals surface area contributed by atoms with Gasteiger partial charge < -0.3 is 9.84 Å². The summed E-state index contributed by atoms with van der Waals surface area (Å²) in [5.74, 6) is 0.0956. The number of aryl methyl sites for hydroxylation is 1. The Morgan fingerprint density at radius 2 is 2.26 bits per heavy atom. The van der Waals surface area contributed by atoms with Crippen molar-refractivity contribution in [1.29, 1.82) is 0 Å². The molecule has 2 aromatic rings. The number of amides is 1. The molecule has 19 heavy (non-hydrogen) atoms. The van der Waals surface area contributed by atoms with E-state index in [1.807, 2.05) is 0 Å². The van der Waals surface area contributed by atoms with Gasteiger partial charge in [0.1, 0.15) is 15.5 Å². The van der Waals surface area contributed by atoms with Crippen LogP contribution in [0.4, 0.5) is 0 Å². The third-order valence-corrected chi connectivity index (χ3v) is 4.86. The van der Waals surface area contributed by atoms with E-state index in [9.17, 15) is 13.2 Å². The lowest BCUT2D eigenvalue weighted by atomic mass is 10.2. The Bertz CT molecular complexity index is 702. The van der Waals surface area contributed by atoms with Crippen LogP contribution in [0.5, 0.6) is 0 Å². The zero-order valence-electron chi connectivity index (χ0n) is 9.91. The van der Waals surface area contributed by atoms with Gasteiger partial charge in [-0.25, -0.2) is 13.6 Å². The summed E-state index contributed by atoms with van der Waals surface area (Å²) in [5, 5.41) is 11.1. The standard InChI is InChI=1S/C10H11N3O4S2/c1-6-8(5-13-17-6)10(14)12-4-7-2-3-9(18-7)19(11,15)16/h2-3,5H,4H2,1H3,(H,12,14)(H2,11,15,16). The second kappa shape index (κ2) is 5.11. The zero-order valence-corrected chi connectivity index (χ0v) is 11.5. The average molecular weight is 301 g/mol. The molecule has 0 aromatic carbocycles. The fraction of sp³-hybridized carbons (Fsp3) is 0.200. The molecule has 1 amide bonds. The molecule has 0 bridgehead atoms. The number of nitrogens with two attached hydrogens (primary N) is 1. The molecule has 7 nitrogen and oxygen atoms in total. The minimum atomic E-state index is -3.69. The van der Waals surface area contributed by atoms with Gasteiger partial charge in [0.15, 0.2) is 0 Å². The normalized spacial score (nSPS) is 11.5. The maximum atomic E-state index is 11.8. The van der Waals surface area contributed by atoms with Gasteiger partial charge in [-0.3, -0.25) is 4.79 Å². The summed E-state index contributed by atoms with van der Waals surface area (Å²) >= 11 is 1.02. The lowest BCUT2D eigenvalue weighted by Gasteiger charge is -2.01. The molecule has 0 saturated heterocycles. The largest absolute Gasteiger partial charge is 0.361 e. The van der Waals surface area contributed by atoms with Crippen LogP contribution in [-0.2, 0) is 16.6 Å². The summed E-state index contributed by atoms with van der Waals surface area (Å²) in [6.45, 7) is 1.84. The summed E-state index contributed by atoms with van der Waals surface area (Å²) in [6, 6.07) is 3.01. The number of sulfonamides is 1. The number of carbonyl (C=O) groups excluding carboxylic acids is 1. The van der Waals surface area contributed by atoms with Crippen LogP contribution < -0.4 is 10.5 Å². The predicted molar refractivity (Wildman–Crippen MR) is 68.1 cm³/mol. The molecule has 102 valence electrons. The lowest BCUT2D eigenvalue weighted by molar-refractivity contribution is 0.0950. The van der Waals surface area contributed by atoms with Crippen molar-refractivity contribution in [3.8, 4) is 0 Å². The van der Waals surface area contributed by atoms with Crippen molar-refractivity contribution >= 4 is 27.3 Å². The number of primary sulfonamides is 1. The van der Waals surface area contributed by atoms with Crippen LogP contribution in [0.3, 0.4) is 0 Å². The Labute approximate surface area is 113 Å². The monoisotopic (exact) mass is 301 g/mol. The van der Waals surface area contributed by atoms with Gasteiger partial charge in [-0.05, 0) is 19.1 Å². The SMILES string of the molecule is Cc1oncc1C(=O)NCc1ccc(S(N)(=O)=O)s1. The van der Waals surface area contributed by atoms with E-state index < -0.39 is 10.0 Å². The zero-order chi connectivity index (χ0) is 14.0. The van der Waals surface area contributed by atoms with E-state index in [2.05, 4.69) is 10.5 Å². The molecule has 0 spiro atoms. The molecule has 2 aromatic heterocycles.